The van der Waals surface area contributed by atoms with E-state index in [4.69, 9.17) is 0 Å². The Balaban J connectivity index is 1.80. The molecule has 3 rings (SSSR count). The largest absolute Gasteiger partial charge is 0.573 e. The van der Waals surface area contributed by atoms with E-state index in [0.717, 1.165) is 47.6 Å². The molecule has 0 aliphatic heterocycles. The van der Waals surface area contributed by atoms with Crippen LogP contribution in [0.25, 0.3) is 0 Å². The van der Waals surface area contributed by atoms with Gasteiger partial charge in [0, 0.05) is 18.8 Å². The monoisotopic (exact) mass is 539 g/mol. The second kappa shape index (κ2) is 10.4. The zero-order valence-corrected chi connectivity index (χ0v) is 18.3. The van der Waals surface area contributed by atoms with Gasteiger partial charge in [0.2, 0.25) is 5.95 Å². The van der Waals surface area contributed by atoms with Crippen molar-refractivity contribution in [3.63, 3.8) is 0 Å². The first-order chi connectivity index (χ1) is 17.1. The Bertz CT molecular complexity index is 1230. The molecule has 7 nitrogen and oxygen atoms in total. The van der Waals surface area contributed by atoms with Gasteiger partial charge in [-0.25, -0.2) is 9.99 Å². The lowest BCUT2D eigenvalue weighted by Gasteiger charge is -2.16. The summed E-state index contributed by atoms with van der Waals surface area (Å²) in [5.41, 5.74) is -0.958. The molecule has 16 heteroatoms. The van der Waals surface area contributed by atoms with Gasteiger partial charge in [-0.05, 0) is 54.1 Å². The van der Waals surface area contributed by atoms with Gasteiger partial charge in [-0.1, -0.05) is 0 Å². The molecule has 1 N–H and O–H groups in total. The van der Waals surface area contributed by atoms with Crippen LogP contribution in [0.2, 0.25) is 0 Å². The van der Waals surface area contributed by atoms with Crippen LogP contribution in [0, 0.1) is 0 Å². The number of anilines is 3. The van der Waals surface area contributed by atoms with E-state index >= 15 is 0 Å². The number of ether oxygens (including phenoxy) is 2. The molecule has 0 radical (unpaired) electrons. The van der Waals surface area contributed by atoms with E-state index in [1.807, 2.05) is 0 Å². The van der Waals surface area contributed by atoms with E-state index in [0.29, 0.717) is 6.07 Å². The third-order valence-corrected chi connectivity index (χ3v) is 4.15. The van der Waals surface area contributed by atoms with Crippen LogP contribution in [0.5, 0.6) is 11.5 Å². The van der Waals surface area contributed by atoms with Gasteiger partial charge in [0.05, 0.1) is 6.21 Å². The number of aromatic nitrogens is 2. The van der Waals surface area contributed by atoms with E-state index in [-0.39, 0.29) is 17.1 Å². The van der Waals surface area contributed by atoms with Gasteiger partial charge in [-0.3, -0.25) is 0 Å². The Morgan fingerprint density at radius 1 is 0.784 bits per heavy atom. The predicted octanol–water partition coefficient (Wildman–Crippen LogP) is 6.51. The molecule has 0 aliphatic carbocycles. The number of nitrogens with one attached hydrogen (secondary N) is 1. The van der Waals surface area contributed by atoms with Gasteiger partial charge in [-0.2, -0.15) is 23.3 Å². The summed E-state index contributed by atoms with van der Waals surface area (Å²) >= 11 is 0. The number of rotatable bonds is 7. The Labute approximate surface area is 202 Å². The third kappa shape index (κ3) is 8.73. The molecule has 0 aliphatic rings. The summed E-state index contributed by atoms with van der Waals surface area (Å²) < 4.78 is 121. The minimum absolute atomic E-state index is 0.0969. The van der Waals surface area contributed by atoms with Crippen LogP contribution >= 0.6 is 0 Å². The van der Waals surface area contributed by atoms with Crippen molar-refractivity contribution in [2.75, 3.05) is 17.4 Å². The van der Waals surface area contributed by atoms with Crippen LogP contribution in [0.15, 0.2) is 59.7 Å². The molecule has 0 saturated heterocycles. The highest BCUT2D eigenvalue weighted by atomic mass is 19.4. The molecule has 37 heavy (non-hydrogen) atoms. The van der Waals surface area contributed by atoms with Gasteiger partial charge < -0.3 is 14.8 Å². The summed E-state index contributed by atoms with van der Waals surface area (Å²) in [5, 5.41) is 7.29. The maximum Gasteiger partial charge on any atom is 0.573 e. The van der Waals surface area contributed by atoms with Crippen molar-refractivity contribution in [3.8, 4) is 11.5 Å². The molecule has 0 unspecified atom stereocenters. The molecular formula is C21H14F9N5O2. The van der Waals surface area contributed by atoms with E-state index in [1.165, 1.54) is 19.2 Å². The van der Waals surface area contributed by atoms with E-state index < -0.39 is 42.0 Å². The van der Waals surface area contributed by atoms with Crippen LogP contribution in [0.3, 0.4) is 0 Å². The summed E-state index contributed by atoms with van der Waals surface area (Å²) in [6.07, 6.45) is -13.5. The maximum absolute atomic E-state index is 13.4. The molecule has 0 fully saturated rings. The van der Waals surface area contributed by atoms with Crippen LogP contribution in [0.4, 0.5) is 57.0 Å². The van der Waals surface area contributed by atoms with Crippen LogP contribution < -0.4 is 19.8 Å². The van der Waals surface area contributed by atoms with Crippen molar-refractivity contribution in [1.82, 2.24) is 9.97 Å². The molecule has 1 heterocycles. The number of hydrazone groups is 1. The summed E-state index contributed by atoms with van der Waals surface area (Å²) in [6, 6.07) is 9.23. The molecular weight excluding hydrogens is 525 g/mol. The summed E-state index contributed by atoms with van der Waals surface area (Å²) in [7, 11) is 1.22. The van der Waals surface area contributed by atoms with Crippen molar-refractivity contribution in [3.05, 3.63) is 65.9 Å². The fourth-order valence-corrected chi connectivity index (χ4v) is 2.64. The van der Waals surface area contributed by atoms with Crippen LogP contribution in [0.1, 0.15) is 11.3 Å². The fourth-order valence-electron chi connectivity index (χ4n) is 2.64. The van der Waals surface area contributed by atoms with Crippen molar-refractivity contribution in [2.24, 2.45) is 5.10 Å². The SMILES string of the molecule is CN(/N=C/c1ccc(OC(F)(F)F)cc1)c1nc(Nc2ccc(OC(F)(F)F)cc2)cc(C(F)(F)F)n1. The fraction of sp³-hybridized carbons (Fsp3) is 0.190. The number of nitrogens with zero attached hydrogens (tertiary/aromatic N) is 4. The van der Waals surface area contributed by atoms with E-state index in [9.17, 15) is 39.5 Å². The Kier molecular flexibility index (Phi) is 7.69. The molecule has 0 saturated carbocycles. The number of alkyl halides is 9. The van der Waals surface area contributed by atoms with Gasteiger partial charge in [0.25, 0.3) is 0 Å². The van der Waals surface area contributed by atoms with Crippen molar-refractivity contribution >= 4 is 23.7 Å². The minimum atomic E-state index is -4.91. The molecule has 1 aromatic heterocycles. The lowest BCUT2D eigenvalue weighted by atomic mass is 10.2. The molecule has 0 spiro atoms. The van der Waals surface area contributed by atoms with E-state index in [2.05, 4.69) is 29.9 Å². The van der Waals surface area contributed by atoms with E-state index in [1.54, 1.807) is 0 Å². The topological polar surface area (TPSA) is 71.9 Å². The predicted molar refractivity (Wildman–Crippen MR) is 113 cm³/mol. The number of hydrogen-bond acceptors (Lipinski definition) is 7. The average molecular weight is 539 g/mol. The van der Waals surface area contributed by atoms with Crippen LogP contribution in [-0.2, 0) is 6.18 Å². The zero-order valence-electron chi connectivity index (χ0n) is 18.3. The second-order valence-electron chi connectivity index (χ2n) is 7.02. The van der Waals surface area contributed by atoms with Crippen molar-refractivity contribution in [2.45, 2.75) is 18.9 Å². The van der Waals surface area contributed by atoms with Gasteiger partial charge in [0.15, 0.2) is 5.69 Å². The summed E-state index contributed by atoms with van der Waals surface area (Å²) in [6.45, 7) is 0. The smallest absolute Gasteiger partial charge is 0.406 e. The molecule has 0 bridgehead atoms. The van der Waals surface area contributed by atoms with Crippen molar-refractivity contribution < 1.29 is 49.0 Å². The Morgan fingerprint density at radius 2 is 1.30 bits per heavy atom. The highest BCUT2D eigenvalue weighted by Crippen LogP contribution is 2.32. The molecule has 0 amide bonds. The zero-order chi connectivity index (χ0) is 27.4. The Morgan fingerprint density at radius 3 is 1.78 bits per heavy atom. The number of halogens is 9. The first-order valence-corrected chi connectivity index (χ1v) is 9.80. The van der Waals surface area contributed by atoms with Crippen molar-refractivity contribution in [1.29, 1.82) is 0 Å². The molecule has 2 aromatic carbocycles. The lowest BCUT2D eigenvalue weighted by Crippen LogP contribution is -2.18. The minimum Gasteiger partial charge on any atom is -0.406 e. The van der Waals surface area contributed by atoms with Crippen LogP contribution in [-0.4, -0.2) is 36.0 Å². The van der Waals surface area contributed by atoms with Gasteiger partial charge >= 0.3 is 18.9 Å². The van der Waals surface area contributed by atoms with Gasteiger partial charge in [-0.15, -0.1) is 26.3 Å². The number of benzene rings is 2. The first-order valence-electron chi connectivity index (χ1n) is 9.80. The Hall–Kier alpha value is -4.24. The third-order valence-electron chi connectivity index (χ3n) is 4.15. The summed E-state index contributed by atoms with van der Waals surface area (Å²) in [5.74, 6) is -1.88. The highest BCUT2D eigenvalue weighted by molar-refractivity contribution is 5.80. The second-order valence-corrected chi connectivity index (χ2v) is 7.02. The van der Waals surface area contributed by atoms with Gasteiger partial charge in [0.1, 0.15) is 17.3 Å². The average Bonchev–Trinajstić information content (AvgIpc) is 2.77. The standard InChI is InChI=1S/C21H14F9N5O2/c1-35(31-11-12-2-6-14(7-3-12)36-20(25,26)27)18-33-16(19(22,23)24)10-17(34-18)32-13-4-8-15(9-5-13)37-21(28,29)30/h2-11H,1H3,(H,32,33,34)/b31-11+. The maximum atomic E-state index is 13.4. The molecule has 198 valence electrons. The lowest BCUT2D eigenvalue weighted by molar-refractivity contribution is -0.275. The quantitative estimate of drug-likeness (QED) is 0.210. The summed E-state index contributed by atoms with van der Waals surface area (Å²) in [4.78, 5) is 7.34. The molecule has 3 aromatic rings. The normalized spacial score (nSPS) is 12.5. The molecule has 0 atom stereocenters. The first kappa shape index (κ1) is 27.3. The highest BCUT2D eigenvalue weighted by Gasteiger charge is 2.34. The number of hydrogen-bond donors (Lipinski definition) is 1.